The summed E-state index contributed by atoms with van der Waals surface area (Å²) in [5.74, 6) is 1.28. The lowest BCUT2D eigenvalue weighted by atomic mass is 9.79. The Labute approximate surface area is 146 Å². The molecule has 2 unspecified atom stereocenters. The first kappa shape index (κ1) is 18.8. The summed E-state index contributed by atoms with van der Waals surface area (Å²) < 4.78 is 6.02. The van der Waals surface area contributed by atoms with Crippen LogP contribution in [0.1, 0.15) is 58.1 Å². The van der Waals surface area contributed by atoms with Crippen molar-refractivity contribution in [1.82, 2.24) is 4.90 Å². The maximum Gasteiger partial charge on any atom is 0.263 e. The molecule has 1 fully saturated rings. The fraction of sp³-hybridized carbons (Fsp3) is 0.650. The number of piperidine rings is 1. The molecule has 134 valence electrons. The van der Waals surface area contributed by atoms with Gasteiger partial charge in [-0.1, -0.05) is 39.8 Å². The third kappa shape index (κ3) is 4.10. The van der Waals surface area contributed by atoms with Crippen LogP contribution < -0.4 is 10.5 Å². The van der Waals surface area contributed by atoms with Gasteiger partial charge in [-0.2, -0.15) is 0 Å². The minimum atomic E-state index is -0.490. The first-order valence-electron chi connectivity index (χ1n) is 8.93. The van der Waals surface area contributed by atoms with Gasteiger partial charge in [-0.25, -0.2) is 0 Å². The molecule has 4 heteroatoms. The molecule has 1 aromatic carbocycles. The molecule has 4 nitrogen and oxygen atoms in total. The number of hydrogen-bond donors (Lipinski definition) is 1. The van der Waals surface area contributed by atoms with Crippen LogP contribution in [0.15, 0.2) is 18.2 Å². The summed E-state index contributed by atoms with van der Waals surface area (Å²) >= 11 is 0. The first-order valence-corrected chi connectivity index (χ1v) is 8.93. The zero-order valence-electron chi connectivity index (χ0n) is 15.9. The van der Waals surface area contributed by atoms with Gasteiger partial charge in [0.25, 0.3) is 5.91 Å². The van der Waals surface area contributed by atoms with E-state index in [-0.39, 0.29) is 17.4 Å². The molecule has 1 aromatic rings. The van der Waals surface area contributed by atoms with Gasteiger partial charge in [-0.3, -0.25) is 4.79 Å². The molecule has 2 rings (SSSR count). The van der Waals surface area contributed by atoms with Crippen LogP contribution in [-0.2, 0) is 4.79 Å². The van der Waals surface area contributed by atoms with E-state index in [0.29, 0.717) is 19.0 Å². The molecule has 24 heavy (non-hydrogen) atoms. The van der Waals surface area contributed by atoms with Crippen LogP contribution in [0.25, 0.3) is 0 Å². The topological polar surface area (TPSA) is 55.6 Å². The Kier molecular flexibility index (Phi) is 5.59. The number of nitrogens with zero attached hydrogens (tertiary/aromatic N) is 1. The van der Waals surface area contributed by atoms with E-state index >= 15 is 0 Å². The number of benzene rings is 1. The monoisotopic (exact) mass is 332 g/mol. The van der Waals surface area contributed by atoms with Gasteiger partial charge in [0.15, 0.2) is 6.10 Å². The molecule has 1 saturated heterocycles. The Bertz CT molecular complexity index is 595. The zero-order valence-corrected chi connectivity index (χ0v) is 15.9. The van der Waals surface area contributed by atoms with Crippen molar-refractivity contribution < 1.29 is 9.53 Å². The molecule has 1 heterocycles. The van der Waals surface area contributed by atoms with Gasteiger partial charge >= 0.3 is 0 Å². The molecule has 0 radical (unpaired) electrons. The predicted octanol–water partition coefficient (Wildman–Crippen LogP) is 3.47. The van der Waals surface area contributed by atoms with Crippen molar-refractivity contribution in [1.29, 1.82) is 0 Å². The Hall–Kier alpha value is -1.55. The van der Waals surface area contributed by atoms with E-state index in [1.54, 1.807) is 0 Å². The van der Waals surface area contributed by atoms with E-state index in [4.69, 9.17) is 10.5 Å². The summed E-state index contributed by atoms with van der Waals surface area (Å²) in [5, 5.41) is 0. The Morgan fingerprint density at radius 2 is 2.00 bits per heavy atom. The first-order chi connectivity index (χ1) is 11.1. The van der Waals surface area contributed by atoms with E-state index in [9.17, 15) is 4.79 Å². The minimum Gasteiger partial charge on any atom is -0.481 e. The van der Waals surface area contributed by atoms with Crippen molar-refractivity contribution in [2.75, 3.05) is 13.1 Å². The van der Waals surface area contributed by atoms with E-state index in [1.165, 1.54) is 5.56 Å². The maximum atomic E-state index is 12.8. The third-order valence-electron chi connectivity index (χ3n) is 5.15. The van der Waals surface area contributed by atoms with Crippen LogP contribution in [0, 0.1) is 12.3 Å². The molecule has 1 aliphatic rings. The normalized spacial score (nSPS) is 21.7. The number of amides is 1. The summed E-state index contributed by atoms with van der Waals surface area (Å²) in [7, 11) is 0. The van der Waals surface area contributed by atoms with E-state index in [0.717, 1.165) is 17.7 Å². The van der Waals surface area contributed by atoms with Crippen molar-refractivity contribution in [3.05, 3.63) is 29.3 Å². The summed E-state index contributed by atoms with van der Waals surface area (Å²) in [5.41, 5.74) is 8.39. The second-order valence-electron chi connectivity index (χ2n) is 8.08. The van der Waals surface area contributed by atoms with Gasteiger partial charge in [0.2, 0.25) is 0 Å². The predicted molar refractivity (Wildman–Crippen MR) is 98.3 cm³/mol. The Morgan fingerprint density at radius 1 is 1.33 bits per heavy atom. The second kappa shape index (κ2) is 7.14. The molecule has 2 atom stereocenters. The van der Waals surface area contributed by atoms with Gasteiger partial charge in [-0.05, 0) is 48.8 Å². The lowest BCUT2D eigenvalue weighted by Crippen LogP contribution is -2.56. The number of likely N-dealkylation sites (tertiary alicyclic amines) is 1. The summed E-state index contributed by atoms with van der Waals surface area (Å²) in [6, 6.07) is 6.38. The minimum absolute atomic E-state index is 0.0457. The van der Waals surface area contributed by atoms with Crippen molar-refractivity contribution in [3.8, 4) is 5.75 Å². The summed E-state index contributed by atoms with van der Waals surface area (Å²) in [6.07, 6.45) is 0.351. The number of ether oxygens (including phenoxy) is 1. The fourth-order valence-electron chi connectivity index (χ4n) is 3.16. The van der Waals surface area contributed by atoms with Crippen molar-refractivity contribution in [2.45, 2.75) is 66.0 Å². The zero-order chi connectivity index (χ0) is 18.1. The third-order valence-corrected chi connectivity index (χ3v) is 5.15. The second-order valence-corrected chi connectivity index (χ2v) is 8.08. The smallest absolute Gasteiger partial charge is 0.263 e. The number of carbonyl (C=O) groups excluding carboxylic acids is 1. The van der Waals surface area contributed by atoms with E-state index < -0.39 is 6.10 Å². The lowest BCUT2D eigenvalue weighted by molar-refractivity contribution is -0.141. The SMILES string of the molecule is Cc1ccc(C(C)C)cc1OC(C)C(=O)N1CCC(N)C(C)(C)C1. The summed E-state index contributed by atoms with van der Waals surface area (Å²) in [4.78, 5) is 14.7. The van der Waals surface area contributed by atoms with Crippen molar-refractivity contribution >= 4 is 5.91 Å². The number of rotatable bonds is 4. The Balaban J connectivity index is 2.08. The molecule has 0 saturated carbocycles. The maximum absolute atomic E-state index is 12.8. The molecule has 0 bridgehead atoms. The standard InChI is InChI=1S/C20H32N2O2/c1-13(2)16-8-7-14(3)17(11-16)24-15(4)19(23)22-10-9-18(21)20(5,6)12-22/h7-8,11,13,15,18H,9-10,12,21H2,1-6H3. The van der Waals surface area contributed by atoms with Gasteiger partial charge in [0.1, 0.15) is 5.75 Å². The van der Waals surface area contributed by atoms with Crippen LogP contribution in [0.3, 0.4) is 0 Å². The lowest BCUT2D eigenvalue weighted by Gasteiger charge is -2.43. The fourth-order valence-corrected chi connectivity index (χ4v) is 3.16. The highest BCUT2D eigenvalue weighted by atomic mass is 16.5. The molecular formula is C20H32N2O2. The molecule has 0 spiro atoms. The molecule has 0 aliphatic carbocycles. The number of carbonyl (C=O) groups is 1. The molecule has 2 N–H and O–H groups in total. The number of nitrogens with two attached hydrogens (primary N) is 1. The van der Waals surface area contributed by atoms with Crippen LogP contribution in [0.2, 0.25) is 0 Å². The van der Waals surface area contributed by atoms with E-state index in [2.05, 4.69) is 45.9 Å². The van der Waals surface area contributed by atoms with Crippen molar-refractivity contribution in [3.63, 3.8) is 0 Å². The largest absolute Gasteiger partial charge is 0.481 e. The van der Waals surface area contributed by atoms with Crippen LogP contribution in [0.5, 0.6) is 5.75 Å². The van der Waals surface area contributed by atoms with Crippen LogP contribution in [-0.4, -0.2) is 36.0 Å². The highest BCUT2D eigenvalue weighted by Crippen LogP contribution is 2.29. The van der Waals surface area contributed by atoms with Crippen LogP contribution in [0.4, 0.5) is 0 Å². The average molecular weight is 332 g/mol. The highest BCUT2D eigenvalue weighted by Gasteiger charge is 2.36. The average Bonchev–Trinajstić information content (AvgIpc) is 2.51. The molecular weight excluding hydrogens is 300 g/mol. The summed E-state index contributed by atoms with van der Waals surface area (Å²) in [6.45, 7) is 13.8. The van der Waals surface area contributed by atoms with Gasteiger partial charge < -0.3 is 15.4 Å². The number of hydrogen-bond acceptors (Lipinski definition) is 3. The van der Waals surface area contributed by atoms with Crippen LogP contribution >= 0.6 is 0 Å². The quantitative estimate of drug-likeness (QED) is 0.918. The molecule has 1 aliphatic heterocycles. The van der Waals surface area contributed by atoms with Gasteiger partial charge in [0.05, 0.1) is 0 Å². The van der Waals surface area contributed by atoms with Gasteiger partial charge in [0, 0.05) is 19.1 Å². The van der Waals surface area contributed by atoms with Crippen molar-refractivity contribution in [2.24, 2.45) is 11.1 Å². The van der Waals surface area contributed by atoms with Gasteiger partial charge in [-0.15, -0.1) is 0 Å². The number of aryl methyl sites for hydroxylation is 1. The highest BCUT2D eigenvalue weighted by molar-refractivity contribution is 5.81. The van der Waals surface area contributed by atoms with E-state index in [1.807, 2.05) is 18.7 Å². The molecule has 1 amide bonds. The Morgan fingerprint density at radius 3 is 2.58 bits per heavy atom. The molecule has 0 aromatic heterocycles.